The number of phenols is 1. The molecule has 0 unspecified atom stereocenters. The van der Waals surface area contributed by atoms with Crippen molar-refractivity contribution in [3.05, 3.63) is 77.9 Å². The topological polar surface area (TPSA) is 62.2 Å². The van der Waals surface area contributed by atoms with E-state index in [1.807, 2.05) is 79.4 Å². The molecule has 0 bridgehead atoms. The van der Waals surface area contributed by atoms with Gasteiger partial charge in [-0.05, 0) is 74.0 Å². The molecule has 2 aliphatic rings. The van der Waals surface area contributed by atoms with Crippen molar-refractivity contribution < 1.29 is 19.4 Å². The number of fused-ring (bicyclic) bond motifs is 1. The minimum atomic E-state index is -0.434. The van der Waals surface area contributed by atoms with Gasteiger partial charge in [0.15, 0.2) is 0 Å². The molecule has 0 aromatic heterocycles. The number of aromatic hydroxyl groups is 1. The number of nitrogens with zero attached hydrogens (tertiary/aromatic N) is 2. The van der Waals surface area contributed by atoms with Gasteiger partial charge >= 0.3 is 0 Å². The number of phenolic OH excluding ortho intramolecular Hbond substituents is 1. The Morgan fingerprint density at radius 2 is 1.74 bits per heavy atom. The molecule has 1 fully saturated rings. The predicted molar refractivity (Wildman–Crippen MR) is 138 cm³/mol. The lowest BCUT2D eigenvalue weighted by Gasteiger charge is -2.36. The van der Waals surface area contributed by atoms with Gasteiger partial charge in [0.2, 0.25) is 0 Å². The quantitative estimate of drug-likeness (QED) is 0.567. The summed E-state index contributed by atoms with van der Waals surface area (Å²) in [4.78, 5) is 17.7. The van der Waals surface area contributed by atoms with Crippen molar-refractivity contribution in [2.24, 2.45) is 0 Å². The van der Waals surface area contributed by atoms with E-state index in [1.165, 1.54) is 0 Å². The van der Waals surface area contributed by atoms with Crippen molar-refractivity contribution in [1.82, 2.24) is 4.90 Å². The van der Waals surface area contributed by atoms with Crippen molar-refractivity contribution in [3.8, 4) is 28.4 Å². The van der Waals surface area contributed by atoms with Crippen LogP contribution in [-0.2, 0) is 0 Å². The molecule has 1 saturated heterocycles. The fourth-order valence-electron chi connectivity index (χ4n) is 4.62. The van der Waals surface area contributed by atoms with Crippen LogP contribution in [0.5, 0.6) is 17.2 Å². The Labute approximate surface area is 206 Å². The molecular weight excluding hydrogens is 440 g/mol. The molecule has 0 saturated carbocycles. The van der Waals surface area contributed by atoms with Crippen molar-refractivity contribution in [2.75, 3.05) is 38.2 Å². The van der Waals surface area contributed by atoms with Crippen LogP contribution in [-0.4, -0.2) is 54.8 Å². The number of carbonyl (C=O) groups is 1. The van der Waals surface area contributed by atoms with Crippen molar-refractivity contribution in [3.63, 3.8) is 0 Å². The molecule has 3 aromatic rings. The van der Waals surface area contributed by atoms with Gasteiger partial charge in [-0.2, -0.15) is 0 Å². The van der Waals surface area contributed by atoms with E-state index in [0.717, 1.165) is 47.0 Å². The maximum Gasteiger partial charge on any atom is 0.254 e. The summed E-state index contributed by atoms with van der Waals surface area (Å²) < 4.78 is 11.8. The van der Waals surface area contributed by atoms with E-state index < -0.39 is 5.60 Å². The lowest BCUT2D eigenvalue weighted by atomic mass is 9.93. The molecule has 3 aromatic carbocycles. The van der Waals surface area contributed by atoms with Gasteiger partial charge in [-0.25, -0.2) is 0 Å². The van der Waals surface area contributed by atoms with Crippen LogP contribution >= 0.6 is 0 Å². The van der Waals surface area contributed by atoms with Crippen LogP contribution in [0.1, 0.15) is 29.8 Å². The number of carbonyl (C=O) groups excluding carboxylic acids is 1. The second-order valence-corrected chi connectivity index (χ2v) is 9.51. The van der Waals surface area contributed by atoms with Gasteiger partial charge in [0.25, 0.3) is 5.91 Å². The molecule has 180 valence electrons. The molecule has 6 heteroatoms. The number of rotatable bonds is 4. The fraction of sp³-hybridized carbons (Fsp3) is 0.276. The smallest absolute Gasteiger partial charge is 0.254 e. The highest BCUT2D eigenvalue weighted by Crippen LogP contribution is 2.41. The summed E-state index contributed by atoms with van der Waals surface area (Å²) in [6, 6.07) is 18.9. The minimum absolute atomic E-state index is 0.0144. The highest BCUT2D eigenvalue weighted by atomic mass is 16.5. The summed E-state index contributed by atoms with van der Waals surface area (Å²) in [6.45, 7) is 6.78. The van der Waals surface area contributed by atoms with E-state index >= 15 is 0 Å². The molecule has 0 spiro atoms. The number of hydrogen-bond acceptors (Lipinski definition) is 5. The van der Waals surface area contributed by atoms with Gasteiger partial charge in [-0.3, -0.25) is 4.79 Å². The lowest BCUT2D eigenvalue weighted by molar-refractivity contribution is 0.0746. The largest absolute Gasteiger partial charge is 0.508 e. The summed E-state index contributed by atoms with van der Waals surface area (Å²) in [6.07, 6.45) is 4.07. The maximum atomic E-state index is 13.6. The maximum absolute atomic E-state index is 13.6. The SMILES string of the molecule is COc1cccc(-c2cc(C(=O)N3CCN(c4ccc(O)cc4)CC3)cc3c2OC(C)(C)C=C3)c1. The third-order valence-corrected chi connectivity index (χ3v) is 6.56. The van der Waals surface area contributed by atoms with E-state index in [1.54, 1.807) is 19.2 Å². The van der Waals surface area contributed by atoms with E-state index in [2.05, 4.69) is 4.90 Å². The summed E-state index contributed by atoms with van der Waals surface area (Å²) in [5, 5.41) is 9.55. The molecule has 0 radical (unpaired) electrons. The lowest BCUT2D eigenvalue weighted by Crippen LogP contribution is -2.48. The summed E-state index contributed by atoms with van der Waals surface area (Å²) in [5.74, 6) is 1.80. The molecule has 0 aliphatic carbocycles. The Morgan fingerprint density at radius 3 is 2.46 bits per heavy atom. The zero-order valence-electron chi connectivity index (χ0n) is 20.3. The number of anilines is 1. The van der Waals surface area contributed by atoms with E-state index in [-0.39, 0.29) is 11.7 Å². The summed E-state index contributed by atoms with van der Waals surface area (Å²) >= 11 is 0. The average molecular weight is 471 g/mol. The van der Waals surface area contributed by atoms with Crippen LogP contribution in [0.2, 0.25) is 0 Å². The Morgan fingerprint density at radius 1 is 1.00 bits per heavy atom. The zero-order chi connectivity index (χ0) is 24.6. The van der Waals surface area contributed by atoms with E-state index in [0.29, 0.717) is 18.7 Å². The highest BCUT2D eigenvalue weighted by Gasteiger charge is 2.28. The van der Waals surface area contributed by atoms with Crippen LogP contribution in [0.25, 0.3) is 17.2 Å². The molecule has 5 rings (SSSR count). The molecule has 1 N–H and O–H groups in total. The van der Waals surface area contributed by atoms with Gasteiger partial charge in [-0.15, -0.1) is 0 Å². The molecule has 0 atom stereocenters. The minimum Gasteiger partial charge on any atom is -0.508 e. The molecule has 2 aliphatic heterocycles. The Balaban J connectivity index is 1.44. The standard InChI is InChI=1S/C29H30N2O4/c1-29(2)12-11-21-17-22(19-26(27(21)35-29)20-5-4-6-25(18-20)34-3)28(33)31-15-13-30(14-16-31)23-7-9-24(32)10-8-23/h4-12,17-19,32H,13-16H2,1-3H3. The number of hydrogen-bond donors (Lipinski definition) is 1. The fourth-order valence-corrected chi connectivity index (χ4v) is 4.62. The van der Waals surface area contributed by atoms with Crippen LogP contribution < -0.4 is 14.4 Å². The number of amides is 1. The van der Waals surface area contributed by atoms with Crippen molar-refractivity contribution >= 4 is 17.7 Å². The van der Waals surface area contributed by atoms with Crippen LogP contribution in [0, 0.1) is 0 Å². The summed E-state index contributed by atoms with van der Waals surface area (Å²) in [5.41, 5.74) is 3.98. The van der Waals surface area contributed by atoms with Gasteiger partial charge in [0, 0.05) is 48.6 Å². The molecule has 1 amide bonds. The van der Waals surface area contributed by atoms with Gasteiger partial charge in [-0.1, -0.05) is 18.2 Å². The number of methoxy groups -OCH3 is 1. The number of benzene rings is 3. The Bertz CT molecular complexity index is 1270. The van der Waals surface area contributed by atoms with E-state index in [4.69, 9.17) is 9.47 Å². The van der Waals surface area contributed by atoms with Crippen molar-refractivity contribution in [1.29, 1.82) is 0 Å². The van der Waals surface area contributed by atoms with E-state index in [9.17, 15) is 9.90 Å². The summed E-state index contributed by atoms with van der Waals surface area (Å²) in [7, 11) is 1.65. The first-order valence-corrected chi connectivity index (χ1v) is 11.9. The molecule has 2 heterocycles. The molecule has 6 nitrogen and oxygen atoms in total. The second-order valence-electron chi connectivity index (χ2n) is 9.51. The first-order chi connectivity index (χ1) is 16.8. The Hall–Kier alpha value is -3.93. The third kappa shape index (κ3) is 4.69. The first kappa shape index (κ1) is 22.8. The van der Waals surface area contributed by atoms with Crippen molar-refractivity contribution in [2.45, 2.75) is 19.4 Å². The second kappa shape index (κ2) is 9.02. The third-order valence-electron chi connectivity index (χ3n) is 6.56. The average Bonchev–Trinajstić information content (AvgIpc) is 2.88. The van der Waals surface area contributed by atoms with Crippen LogP contribution in [0.4, 0.5) is 5.69 Å². The monoisotopic (exact) mass is 470 g/mol. The molecule has 35 heavy (non-hydrogen) atoms. The Kier molecular flexibility index (Phi) is 5.89. The number of ether oxygens (including phenoxy) is 2. The van der Waals surface area contributed by atoms with Gasteiger partial charge in [0.1, 0.15) is 22.8 Å². The van der Waals surface area contributed by atoms with Crippen LogP contribution in [0.15, 0.2) is 66.7 Å². The highest BCUT2D eigenvalue weighted by molar-refractivity contribution is 5.98. The van der Waals surface area contributed by atoms with Crippen LogP contribution in [0.3, 0.4) is 0 Å². The normalized spacial score (nSPS) is 16.4. The number of piperazine rings is 1. The predicted octanol–water partition coefficient (Wildman–Crippen LogP) is 5.21. The zero-order valence-corrected chi connectivity index (χ0v) is 20.3. The van der Waals surface area contributed by atoms with Gasteiger partial charge in [0.05, 0.1) is 7.11 Å². The first-order valence-electron chi connectivity index (χ1n) is 11.9. The molecular formula is C29H30N2O4. The van der Waals surface area contributed by atoms with Gasteiger partial charge < -0.3 is 24.4 Å².